The molecule has 0 saturated carbocycles. The van der Waals surface area contributed by atoms with Gasteiger partial charge in [-0.2, -0.15) is 0 Å². The molecule has 1 heterocycles. The van der Waals surface area contributed by atoms with Crippen molar-refractivity contribution in [3.8, 4) is 11.5 Å². The Kier molecular flexibility index (Phi) is 10.7. The molecule has 3 nitrogen and oxygen atoms in total. The second kappa shape index (κ2) is 12.7. The quantitative estimate of drug-likeness (QED) is 0.419. The van der Waals surface area contributed by atoms with Gasteiger partial charge in [0.2, 0.25) is 0 Å². The van der Waals surface area contributed by atoms with Crippen LogP contribution in [-0.2, 0) is 10.5 Å². The molecule has 0 aromatic heterocycles. The number of hydrogen-bond acceptors (Lipinski definition) is 5. The van der Waals surface area contributed by atoms with Crippen LogP contribution in [-0.4, -0.2) is 50.8 Å². The van der Waals surface area contributed by atoms with Crippen molar-refractivity contribution in [3.63, 3.8) is 0 Å². The Morgan fingerprint density at radius 3 is 2.30 bits per heavy atom. The van der Waals surface area contributed by atoms with Gasteiger partial charge < -0.3 is 14.4 Å². The number of benzene rings is 2. The van der Waals surface area contributed by atoms with E-state index in [2.05, 4.69) is 77.9 Å². The van der Waals surface area contributed by atoms with Crippen LogP contribution in [0.1, 0.15) is 30.4 Å². The molecule has 2 aromatic carbocycles. The molecular formula is C24H34ClNO2S2. The van der Waals surface area contributed by atoms with Crippen LogP contribution in [0.4, 0.5) is 0 Å². The molecule has 1 aliphatic rings. The molecule has 0 aliphatic carbocycles. The summed E-state index contributed by atoms with van der Waals surface area (Å²) in [6, 6.07) is 17.3. The monoisotopic (exact) mass is 467 g/mol. The summed E-state index contributed by atoms with van der Waals surface area (Å²) in [6.45, 7) is 2.18. The van der Waals surface area contributed by atoms with E-state index in [1.807, 2.05) is 6.07 Å². The molecule has 2 aromatic rings. The molecule has 3 rings (SSSR count). The summed E-state index contributed by atoms with van der Waals surface area (Å²) in [4.78, 5) is 2.45. The van der Waals surface area contributed by atoms with Crippen LogP contribution in [0.5, 0.6) is 11.5 Å². The van der Waals surface area contributed by atoms with Crippen molar-refractivity contribution in [2.24, 2.45) is 0 Å². The van der Waals surface area contributed by atoms with Gasteiger partial charge in [0, 0.05) is 6.54 Å². The van der Waals surface area contributed by atoms with Gasteiger partial charge in [-0.3, -0.25) is 0 Å². The first kappa shape index (κ1) is 25.3. The van der Waals surface area contributed by atoms with Crippen molar-refractivity contribution in [2.75, 3.05) is 45.9 Å². The molecule has 1 saturated heterocycles. The van der Waals surface area contributed by atoms with Gasteiger partial charge in [0.05, 0.1) is 18.3 Å². The normalized spacial score (nSPS) is 15.5. The SMILES string of the molecule is COc1ccc(CCN(C)CCCC2(c3ccccc3)SCCCS2)cc1OC.Cl. The molecule has 0 N–H and O–H groups in total. The Balaban J connectivity index is 0.00000320. The van der Waals surface area contributed by atoms with E-state index in [4.69, 9.17) is 9.47 Å². The van der Waals surface area contributed by atoms with Crippen molar-refractivity contribution in [2.45, 2.75) is 29.8 Å². The molecule has 1 fully saturated rings. The zero-order valence-corrected chi connectivity index (χ0v) is 20.7. The van der Waals surface area contributed by atoms with Crippen LogP contribution in [0, 0.1) is 0 Å². The number of hydrogen-bond donors (Lipinski definition) is 0. The van der Waals surface area contributed by atoms with E-state index in [1.54, 1.807) is 14.2 Å². The summed E-state index contributed by atoms with van der Waals surface area (Å²) < 4.78 is 11.0. The van der Waals surface area contributed by atoms with Crippen molar-refractivity contribution in [1.82, 2.24) is 4.90 Å². The third-order valence-electron chi connectivity index (χ3n) is 5.45. The summed E-state index contributed by atoms with van der Waals surface area (Å²) in [6.07, 6.45) is 4.80. The molecule has 0 spiro atoms. The average molecular weight is 468 g/mol. The van der Waals surface area contributed by atoms with Crippen LogP contribution in [0.15, 0.2) is 48.5 Å². The minimum atomic E-state index is 0. The summed E-state index contributed by atoms with van der Waals surface area (Å²) in [5, 5.41) is 0. The fourth-order valence-corrected chi connectivity index (χ4v) is 7.21. The first-order valence-corrected chi connectivity index (χ1v) is 12.4. The fraction of sp³-hybridized carbons (Fsp3) is 0.500. The van der Waals surface area contributed by atoms with Gasteiger partial charge in [0.25, 0.3) is 0 Å². The standard InChI is InChI=1S/C24H33NO2S2.ClH/c1-25(16-13-20-11-12-22(26-2)23(19-20)27-3)15-7-14-24(28-17-8-18-29-24)21-9-5-4-6-10-21;/h4-6,9-12,19H,7-8,13-18H2,1-3H3;1H. The highest BCUT2D eigenvalue weighted by Crippen LogP contribution is 2.53. The number of halogens is 1. The lowest BCUT2D eigenvalue weighted by Crippen LogP contribution is -2.27. The van der Waals surface area contributed by atoms with E-state index in [9.17, 15) is 0 Å². The molecule has 166 valence electrons. The van der Waals surface area contributed by atoms with E-state index >= 15 is 0 Å². The minimum absolute atomic E-state index is 0. The fourth-order valence-electron chi connectivity index (χ4n) is 3.77. The van der Waals surface area contributed by atoms with E-state index in [0.29, 0.717) is 0 Å². The number of rotatable bonds is 10. The van der Waals surface area contributed by atoms with E-state index in [0.717, 1.165) is 31.0 Å². The Morgan fingerprint density at radius 1 is 0.933 bits per heavy atom. The summed E-state index contributed by atoms with van der Waals surface area (Å²) in [5.41, 5.74) is 2.77. The number of likely N-dealkylation sites (N-methyl/N-ethyl adjacent to an activating group) is 1. The van der Waals surface area contributed by atoms with E-state index < -0.39 is 0 Å². The van der Waals surface area contributed by atoms with Crippen molar-refractivity contribution in [3.05, 3.63) is 59.7 Å². The predicted molar refractivity (Wildman–Crippen MR) is 135 cm³/mol. The Hall–Kier alpha value is -1.01. The van der Waals surface area contributed by atoms with Gasteiger partial charge in [-0.05, 0) is 74.0 Å². The van der Waals surface area contributed by atoms with Gasteiger partial charge in [-0.15, -0.1) is 35.9 Å². The summed E-state index contributed by atoms with van der Waals surface area (Å²) >= 11 is 4.30. The largest absolute Gasteiger partial charge is 0.493 e. The van der Waals surface area contributed by atoms with E-state index in [-0.39, 0.29) is 16.5 Å². The predicted octanol–water partition coefficient (Wildman–Crippen LogP) is 6.10. The van der Waals surface area contributed by atoms with Crippen LogP contribution in [0.3, 0.4) is 0 Å². The maximum Gasteiger partial charge on any atom is 0.160 e. The average Bonchev–Trinajstić information content (AvgIpc) is 2.78. The topological polar surface area (TPSA) is 21.7 Å². The Bertz CT molecular complexity index is 754. The lowest BCUT2D eigenvalue weighted by Gasteiger charge is -2.37. The minimum Gasteiger partial charge on any atom is -0.493 e. The number of nitrogens with zero attached hydrogens (tertiary/aromatic N) is 1. The lowest BCUT2D eigenvalue weighted by molar-refractivity contribution is 0.327. The third kappa shape index (κ3) is 6.74. The van der Waals surface area contributed by atoms with Crippen LogP contribution in [0.25, 0.3) is 0 Å². The lowest BCUT2D eigenvalue weighted by atomic mass is 10.1. The Morgan fingerprint density at radius 2 is 1.63 bits per heavy atom. The van der Waals surface area contributed by atoms with Crippen molar-refractivity contribution in [1.29, 1.82) is 0 Å². The zero-order chi connectivity index (χ0) is 20.5. The number of thioether (sulfide) groups is 2. The highest BCUT2D eigenvalue weighted by atomic mass is 35.5. The van der Waals surface area contributed by atoms with Gasteiger partial charge in [0.1, 0.15) is 0 Å². The molecule has 0 bridgehead atoms. The molecule has 0 atom stereocenters. The molecule has 1 aliphatic heterocycles. The molecule has 0 amide bonds. The van der Waals surface area contributed by atoms with Gasteiger partial charge in [-0.1, -0.05) is 36.4 Å². The third-order valence-corrected chi connectivity index (χ3v) is 8.95. The second-order valence-corrected chi connectivity index (χ2v) is 10.6. The molecule has 30 heavy (non-hydrogen) atoms. The number of methoxy groups -OCH3 is 2. The zero-order valence-electron chi connectivity index (χ0n) is 18.3. The highest BCUT2D eigenvalue weighted by molar-refractivity contribution is 8.18. The van der Waals surface area contributed by atoms with Crippen molar-refractivity contribution >= 4 is 35.9 Å². The molecule has 6 heteroatoms. The van der Waals surface area contributed by atoms with Crippen LogP contribution < -0.4 is 9.47 Å². The van der Waals surface area contributed by atoms with Gasteiger partial charge >= 0.3 is 0 Å². The second-order valence-electron chi connectivity index (χ2n) is 7.52. The van der Waals surface area contributed by atoms with Crippen LogP contribution >= 0.6 is 35.9 Å². The molecular weight excluding hydrogens is 434 g/mol. The first-order chi connectivity index (χ1) is 14.2. The van der Waals surface area contributed by atoms with Gasteiger partial charge in [-0.25, -0.2) is 0 Å². The maximum absolute atomic E-state index is 5.43. The maximum atomic E-state index is 5.43. The Labute approximate surface area is 196 Å². The summed E-state index contributed by atoms with van der Waals surface area (Å²) in [7, 11) is 5.60. The highest BCUT2D eigenvalue weighted by Gasteiger charge is 2.34. The number of ether oxygens (including phenoxy) is 2. The van der Waals surface area contributed by atoms with Crippen molar-refractivity contribution < 1.29 is 9.47 Å². The first-order valence-electron chi connectivity index (χ1n) is 10.4. The van der Waals surface area contributed by atoms with E-state index in [1.165, 1.54) is 41.9 Å². The molecule has 0 radical (unpaired) electrons. The van der Waals surface area contributed by atoms with Gasteiger partial charge in [0.15, 0.2) is 11.5 Å². The smallest absolute Gasteiger partial charge is 0.160 e. The molecule has 0 unspecified atom stereocenters. The summed E-state index contributed by atoms with van der Waals surface area (Å²) in [5.74, 6) is 4.15. The van der Waals surface area contributed by atoms with Crippen LogP contribution in [0.2, 0.25) is 0 Å².